The van der Waals surface area contributed by atoms with Crippen molar-refractivity contribution in [2.75, 3.05) is 22.4 Å². The molecule has 0 aliphatic heterocycles. The molecule has 0 heterocycles. The van der Waals surface area contributed by atoms with Crippen LogP contribution < -0.4 is 9.62 Å². The zero-order valence-corrected chi connectivity index (χ0v) is 16.4. The Morgan fingerprint density at radius 3 is 2.11 bits per heavy atom. The van der Waals surface area contributed by atoms with Crippen molar-refractivity contribution >= 4 is 27.3 Å². The maximum absolute atomic E-state index is 13.2. The third kappa shape index (κ3) is 5.50. The van der Waals surface area contributed by atoms with Crippen LogP contribution in [0.1, 0.15) is 26.3 Å². The molecular weight excluding hydrogens is 374 g/mol. The minimum atomic E-state index is -3.73. The Labute approximate surface area is 158 Å². The highest BCUT2D eigenvalue weighted by molar-refractivity contribution is 7.92. The molecule has 0 aliphatic rings. The summed E-state index contributed by atoms with van der Waals surface area (Å²) >= 11 is 0. The highest BCUT2D eigenvalue weighted by Crippen LogP contribution is 2.26. The van der Waals surface area contributed by atoms with Crippen molar-refractivity contribution in [3.05, 3.63) is 59.7 Å². The molecule has 2 rings (SSSR count). The van der Waals surface area contributed by atoms with Gasteiger partial charge in [-0.05, 0) is 35.2 Å². The second-order valence-electron chi connectivity index (χ2n) is 7.24. The van der Waals surface area contributed by atoms with Crippen LogP contribution in [0.5, 0.6) is 0 Å². The molecule has 27 heavy (non-hydrogen) atoms. The molecule has 1 amide bonds. The standard InChI is InChI=1S/C19H22F2N2O3S/c1-19(2,3)13-5-8-15(9-6-13)23(27(4,25)26)12-18(24)22-14-7-10-16(20)17(21)11-14/h5-11H,12H2,1-4H3,(H,22,24). The van der Waals surface area contributed by atoms with Crippen LogP contribution in [0.3, 0.4) is 0 Å². The molecule has 8 heteroatoms. The van der Waals surface area contributed by atoms with Crippen LogP contribution in [0.2, 0.25) is 0 Å². The van der Waals surface area contributed by atoms with Crippen molar-refractivity contribution in [2.24, 2.45) is 0 Å². The Balaban J connectivity index is 2.22. The molecule has 1 N–H and O–H groups in total. The van der Waals surface area contributed by atoms with Gasteiger partial charge in [-0.25, -0.2) is 17.2 Å². The summed E-state index contributed by atoms with van der Waals surface area (Å²) in [6.45, 7) is 5.61. The molecule has 2 aromatic rings. The van der Waals surface area contributed by atoms with Crippen molar-refractivity contribution in [3.8, 4) is 0 Å². The molecule has 0 saturated heterocycles. The monoisotopic (exact) mass is 396 g/mol. The Hall–Kier alpha value is -2.48. The van der Waals surface area contributed by atoms with E-state index in [1.54, 1.807) is 24.3 Å². The van der Waals surface area contributed by atoms with Crippen molar-refractivity contribution in [3.63, 3.8) is 0 Å². The third-order valence-corrected chi connectivity index (χ3v) is 5.05. The predicted molar refractivity (Wildman–Crippen MR) is 102 cm³/mol. The Morgan fingerprint density at radius 1 is 1.04 bits per heavy atom. The summed E-state index contributed by atoms with van der Waals surface area (Å²) in [5.74, 6) is -2.82. The number of nitrogens with one attached hydrogen (secondary N) is 1. The first-order valence-corrected chi connectivity index (χ1v) is 10.1. The van der Waals surface area contributed by atoms with Gasteiger partial charge in [-0.3, -0.25) is 9.10 Å². The van der Waals surface area contributed by atoms with Crippen LogP contribution in [0, 0.1) is 11.6 Å². The van der Waals surface area contributed by atoms with Crippen molar-refractivity contribution in [1.82, 2.24) is 0 Å². The van der Waals surface area contributed by atoms with Crippen LogP contribution in [0.25, 0.3) is 0 Å². The quantitative estimate of drug-likeness (QED) is 0.839. The number of anilines is 2. The molecule has 0 bridgehead atoms. The largest absolute Gasteiger partial charge is 0.324 e. The van der Waals surface area contributed by atoms with Gasteiger partial charge < -0.3 is 5.32 Å². The van der Waals surface area contributed by atoms with Crippen LogP contribution in [-0.2, 0) is 20.2 Å². The molecule has 0 aliphatic carbocycles. The lowest BCUT2D eigenvalue weighted by atomic mass is 9.87. The summed E-state index contributed by atoms with van der Waals surface area (Å²) in [6, 6.07) is 9.78. The van der Waals surface area contributed by atoms with Crippen LogP contribution in [0.4, 0.5) is 20.2 Å². The summed E-state index contributed by atoms with van der Waals surface area (Å²) in [5.41, 5.74) is 1.30. The summed E-state index contributed by atoms with van der Waals surface area (Å²) in [5, 5.41) is 2.37. The number of halogens is 2. The maximum Gasteiger partial charge on any atom is 0.245 e. The van der Waals surface area contributed by atoms with Gasteiger partial charge in [-0.15, -0.1) is 0 Å². The smallest absolute Gasteiger partial charge is 0.245 e. The molecule has 146 valence electrons. The predicted octanol–water partition coefficient (Wildman–Crippen LogP) is 3.67. The van der Waals surface area contributed by atoms with Crippen molar-refractivity contribution < 1.29 is 22.0 Å². The third-order valence-electron chi connectivity index (χ3n) is 3.91. The van der Waals surface area contributed by atoms with Gasteiger partial charge in [0.1, 0.15) is 6.54 Å². The van der Waals surface area contributed by atoms with Gasteiger partial charge in [-0.2, -0.15) is 0 Å². The van der Waals surface area contributed by atoms with E-state index in [9.17, 15) is 22.0 Å². The summed E-state index contributed by atoms with van der Waals surface area (Å²) < 4.78 is 51.4. The Kier molecular flexibility index (Phi) is 5.89. The van der Waals surface area contributed by atoms with E-state index >= 15 is 0 Å². The number of carbonyl (C=O) groups excluding carboxylic acids is 1. The molecule has 5 nitrogen and oxygen atoms in total. The minimum Gasteiger partial charge on any atom is -0.324 e. The van der Waals surface area contributed by atoms with Gasteiger partial charge >= 0.3 is 0 Å². The van der Waals surface area contributed by atoms with Gasteiger partial charge in [0.05, 0.1) is 11.9 Å². The number of amides is 1. The van der Waals surface area contributed by atoms with E-state index in [1.807, 2.05) is 20.8 Å². The topological polar surface area (TPSA) is 66.5 Å². The van der Waals surface area contributed by atoms with E-state index in [4.69, 9.17) is 0 Å². The van der Waals surface area contributed by atoms with Gasteiger partial charge in [0.2, 0.25) is 15.9 Å². The van der Waals surface area contributed by atoms with E-state index in [1.165, 1.54) is 6.07 Å². The molecule has 0 fully saturated rings. The highest BCUT2D eigenvalue weighted by Gasteiger charge is 2.22. The van der Waals surface area contributed by atoms with Gasteiger partial charge in [0, 0.05) is 11.8 Å². The van der Waals surface area contributed by atoms with Crippen LogP contribution in [-0.4, -0.2) is 27.1 Å². The number of sulfonamides is 1. The van der Waals surface area contributed by atoms with Crippen LogP contribution in [0.15, 0.2) is 42.5 Å². The molecule has 0 saturated carbocycles. The lowest BCUT2D eigenvalue weighted by Crippen LogP contribution is -2.37. The Morgan fingerprint density at radius 2 is 1.63 bits per heavy atom. The second-order valence-corrected chi connectivity index (χ2v) is 9.15. The zero-order chi connectivity index (χ0) is 20.4. The highest BCUT2D eigenvalue weighted by atomic mass is 32.2. The first-order valence-electron chi connectivity index (χ1n) is 8.21. The lowest BCUT2D eigenvalue weighted by molar-refractivity contribution is -0.114. The fourth-order valence-electron chi connectivity index (χ4n) is 2.43. The van der Waals surface area contributed by atoms with Gasteiger partial charge in [0.15, 0.2) is 11.6 Å². The average Bonchev–Trinajstić information content (AvgIpc) is 2.54. The number of rotatable bonds is 5. The molecule has 0 atom stereocenters. The normalized spacial score (nSPS) is 11.9. The number of carbonyl (C=O) groups is 1. The molecular formula is C19H22F2N2O3S. The molecule has 2 aromatic carbocycles. The first kappa shape index (κ1) is 20.8. The van der Waals surface area contributed by atoms with E-state index in [0.29, 0.717) is 5.69 Å². The molecule has 0 unspecified atom stereocenters. The maximum atomic E-state index is 13.2. The molecule has 0 spiro atoms. The van der Waals surface area contributed by atoms with E-state index in [-0.39, 0.29) is 11.1 Å². The fourth-order valence-corrected chi connectivity index (χ4v) is 3.29. The number of hydrogen-bond acceptors (Lipinski definition) is 3. The fraction of sp³-hybridized carbons (Fsp3) is 0.316. The summed E-state index contributed by atoms with van der Waals surface area (Å²) in [7, 11) is -3.73. The second kappa shape index (κ2) is 7.64. The number of hydrogen-bond donors (Lipinski definition) is 1. The van der Waals surface area contributed by atoms with Gasteiger partial charge in [-0.1, -0.05) is 32.9 Å². The molecule has 0 aromatic heterocycles. The van der Waals surface area contributed by atoms with Gasteiger partial charge in [0.25, 0.3) is 0 Å². The summed E-state index contributed by atoms with van der Waals surface area (Å²) in [6.07, 6.45) is 0.996. The number of nitrogens with zero attached hydrogens (tertiary/aromatic N) is 1. The zero-order valence-electron chi connectivity index (χ0n) is 15.6. The first-order chi connectivity index (χ1) is 12.4. The SMILES string of the molecule is CC(C)(C)c1ccc(N(CC(=O)Nc2ccc(F)c(F)c2)S(C)(=O)=O)cc1. The minimum absolute atomic E-state index is 0.0374. The van der Waals surface area contributed by atoms with Crippen LogP contribution >= 0.6 is 0 Å². The average molecular weight is 396 g/mol. The summed E-state index contributed by atoms with van der Waals surface area (Å²) in [4.78, 5) is 12.2. The van der Waals surface area contributed by atoms with Crippen molar-refractivity contribution in [2.45, 2.75) is 26.2 Å². The Bertz CT molecular complexity index is 936. The van der Waals surface area contributed by atoms with E-state index in [2.05, 4.69) is 5.32 Å². The van der Waals surface area contributed by atoms with E-state index < -0.39 is 34.1 Å². The van der Waals surface area contributed by atoms with E-state index in [0.717, 1.165) is 28.3 Å². The van der Waals surface area contributed by atoms with Crippen molar-refractivity contribution in [1.29, 1.82) is 0 Å². The molecule has 0 radical (unpaired) electrons. The lowest BCUT2D eigenvalue weighted by Gasteiger charge is -2.24. The number of benzene rings is 2.